The van der Waals surface area contributed by atoms with Crippen LogP contribution in [0.4, 0.5) is 0 Å². The van der Waals surface area contributed by atoms with Crippen molar-refractivity contribution in [3.8, 4) is 0 Å². The number of carbonyl (C=O) groups is 2. The summed E-state index contributed by atoms with van der Waals surface area (Å²) in [6.07, 6.45) is 123. The van der Waals surface area contributed by atoms with Crippen molar-refractivity contribution in [1.82, 2.24) is 0 Å². The van der Waals surface area contributed by atoms with Crippen LogP contribution in [-0.2, 0) is 19.1 Å². The molecule has 542 valence electrons. The third-order valence-corrected chi connectivity index (χ3v) is 18.2. The molecule has 5 nitrogen and oxygen atoms in total. The van der Waals surface area contributed by atoms with Gasteiger partial charge in [-0.25, -0.2) is 0 Å². The van der Waals surface area contributed by atoms with Gasteiger partial charge in [0.15, 0.2) is 6.10 Å². The highest BCUT2D eigenvalue weighted by Gasteiger charge is 2.16. The number of esters is 2. The summed E-state index contributed by atoms with van der Waals surface area (Å²) in [6, 6.07) is 0. The number of allylic oxidation sites excluding steroid dienone is 20. The quantitative estimate of drug-likeness (QED) is 0.0373. The number of ether oxygens (including phenoxy) is 2. The van der Waals surface area contributed by atoms with Crippen molar-refractivity contribution < 1.29 is 24.2 Å². The molecule has 1 N–H and O–H groups in total. The van der Waals surface area contributed by atoms with E-state index in [4.69, 9.17) is 9.47 Å². The van der Waals surface area contributed by atoms with Gasteiger partial charge in [0.2, 0.25) is 0 Å². The van der Waals surface area contributed by atoms with Crippen LogP contribution in [0.25, 0.3) is 0 Å². The lowest BCUT2D eigenvalue weighted by Crippen LogP contribution is -2.28. The average Bonchev–Trinajstić information content (AvgIpc) is 3.77. The van der Waals surface area contributed by atoms with Gasteiger partial charge in [-0.1, -0.05) is 411 Å². The predicted molar refractivity (Wildman–Crippen MR) is 417 cm³/mol. The van der Waals surface area contributed by atoms with Gasteiger partial charge >= 0.3 is 11.9 Å². The SMILES string of the molecule is CC/C=C\C/C=C\C/C=C\C/C=C\C/C=C\C/C=C\C/C=C\C/C=C\C/C=C\CCCCCCCCCCCCCCCC(=O)OC(CO)COC(=O)CCCCCCCCCCCCCCCCCCCCCCCCCCCCC/C=C\CCCCCCCCCC. The van der Waals surface area contributed by atoms with Crippen molar-refractivity contribution in [1.29, 1.82) is 0 Å². The van der Waals surface area contributed by atoms with Gasteiger partial charge < -0.3 is 14.6 Å². The fourth-order valence-corrected chi connectivity index (χ4v) is 12.1. The molecule has 94 heavy (non-hydrogen) atoms. The minimum atomic E-state index is -0.779. The number of rotatable bonds is 76. The molecule has 5 heteroatoms. The molecule has 0 heterocycles. The summed E-state index contributed by atoms with van der Waals surface area (Å²) in [5, 5.41) is 9.74. The van der Waals surface area contributed by atoms with E-state index in [9.17, 15) is 14.7 Å². The number of hydrogen-bond donors (Lipinski definition) is 1. The van der Waals surface area contributed by atoms with Crippen LogP contribution in [0.15, 0.2) is 122 Å². The zero-order valence-corrected chi connectivity index (χ0v) is 62.5. The lowest BCUT2D eigenvalue weighted by molar-refractivity contribution is -0.161. The summed E-state index contributed by atoms with van der Waals surface area (Å²) >= 11 is 0. The molecule has 1 atom stereocenters. The first-order valence-corrected chi connectivity index (χ1v) is 41.1. The number of unbranched alkanes of at least 4 members (excludes halogenated alkanes) is 48. The van der Waals surface area contributed by atoms with E-state index in [0.29, 0.717) is 12.8 Å². The highest BCUT2D eigenvalue weighted by atomic mass is 16.6. The lowest BCUT2D eigenvalue weighted by Gasteiger charge is -2.15. The maximum Gasteiger partial charge on any atom is 0.306 e. The Morgan fingerprint density at radius 2 is 0.457 bits per heavy atom. The molecule has 1 unspecified atom stereocenters. The molecule has 0 fully saturated rings. The summed E-state index contributed by atoms with van der Waals surface area (Å²) < 4.78 is 10.8. The molecule has 0 aliphatic rings. The molecule has 0 saturated carbocycles. The highest BCUT2D eigenvalue weighted by Crippen LogP contribution is 2.19. The van der Waals surface area contributed by atoms with E-state index in [1.165, 1.54) is 289 Å². The summed E-state index contributed by atoms with van der Waals surface area (Å²) in [5.41, 5.74) is 0. The summed E-state index contributed by atoms with van der Waals surface area (Å²) in [5.74, 6) is -0.577. The minimum absolute atomic E-state index is 0.0661. The van der Waals surface area contributed by atoms with Crippen LogP contribution >= 0.6 is 0 Å². The molecule has 0 aromatic heterocycles. The first-order chi connectivity index (χ1) is 46.6. The lowest BCUT2D eigenvalue weighted by atomic mass is 10.0. The van der Waals surface area contributed by atoms with Gasteiger partial charge in [-0.2, -0.15) is 0 Å². The molecule has 0 rings (SSSR count). The van der Waals surface area contributed by atoms with Gasteiger partial charge in [0.25, 0.3) is 0 Å². The molecule has 0 aliphatic heterocycles. The highest BCUT2D eigenvalue weighted by molar-refractivity contribution is 5.70. The zero-order valence-electron chi connectivity index (χ0n) is 62.5. The number of aliphatic hydroxyl groups is 1. The minimum Gasteiger partial charge on any atom is -0.462 e. The Balaban J connectivity index is 3.44. The molecular formula is C89H156O5. The Bertz CT molecular complexity index is 1820. The largest absolute Gasteiger partial charge is 0.462 e. The second-order valence-electron chi connectivity index (χ2n) is 27.5. The second-order valence-corrected chi connectivity index (χ2v) is 27.5. The first kappa shape index (κ1) is 90.3. The maximum atomic E-state index is 12.4. The smallest absolute Gasteiger partial charge is 0.306 e. The van der Waals surface area contributed by atoms with Crippen molar-refractivity contribution in [3.63, 3.8) is 0 Å². The average molecular weight is 1310 g/mol. The van der Waals surface area contributed by atoms with Crippen LogP contribution in [0.3, 0.4) is 0 Å². The van der Waals surface area contributed by atoms with E-state index >= 15 is 0 Å². The third kappa shape index (κ3) is 80.7. The molecular weight excluding hydrogens is 1150 g/mol. The predicted octanol–water partition coefficient (Wildman–Crippen LogP) is 29.2. The van der Waals surface area contributed by atoms with Crippen molar-refractivity contribution in [3.05, 3.63) is 122 Å². The molecule has 0 amide bonds. The van der Waals surface area contributed by atoms with Gasteiger partial charge in [-0.05, 0) is 109 Å². The second kappa shape index (κ2) is 83.5. The van der Waals surface area contributed by atoms with Crippen molar-refractivity contribution >= 4 is 11.9 Å². The Morgan fingerprint density at radius 1 is 0.255 bits per heavy atom. The Hall–Kier alpha value is -3.70. The van der Waals surface area contributed by atoms with Crippen LogP contribution < -0.4 is 0 Å². The molecule has 0 aromatic rings. The Morgan fingerprint density at radius 3 is 0.702 bits per heavy atom. The fraction of sp³-hybridized carbons (Fsp3) is 0.753. The van der Waals surface area contributed by atoms with Gasteiger partial charge in [0.1, 0.15) is 6.61 Å². The molecule has 0 bridgehead atoms. The normalized spacial score (nSPS) is 12.8. The van der Waals surface area contributed by atoms with E-state index in [0.717, 1.165) is 96.3 Å². The molecule has 0 spiro atoms. The van der Waals surface area contributed by atoms with Gasteiger partial charge in [0.05, 0.1) is 6.61 Å². The molecule has 0 aromatic carbocycles. The van der Waals surface area contributed by atoms with Crippen LogP contribution in [0.2, 0.25) is 0 Å². The van der Waals surface area contributed by atoms with E-state index in [1.807, 2.05) is 0 Å². The molecule has 0 saturated heterocycles. The van der Waals surface area contributed by atoms with Gasteiger partial charge in [-0.15, -0.1) is 0 Å². The van der Waals surface area contributed by atoms with Crippen LogP contribution in [0, 0.1) is 0 Å². The van der Waals surface area contributed by atoms with E-state index < -0.39 is 6.10 Å². The Kier molecular flexibility index (Phi) is 80.2. The van der Waals surface area contributed by atoms with Crippen molar-refractivity contribution in [2.45, 2.75) is 418 Å². The fourth-order valence-electron chi connectivity index (χ4n) is 12.1. The number of hydrogen-bond acceptors (Lipinski definition) is 5. The monoisotopic (exact) mass is 1310 g/mol. The zero-order chi connectivity index (χ0) is 67.5. The summed E-state index contributed by atoms with van der Waals surface area (Å²) in [4.78, 5) is 24.7. The standard InChI is InChI=1S/C89H156O5/c1-3-5-7-9-11-13-15-17-19-21-23-25-27-29-31-33-35-37-39-41-43-44-46-48-50-52-54-56-58-60-62-64-66-68-70-72-74-76-78-80-82-84-89(92)94-87(85-90)86-93-88(91)83-81-79-77-75-73-71-69-67-65-63-61-59-57-55-53-51-49-47-45-42-40-38-36-34-32-30-28-26-24-22-20-18-16-14-12-10-8-6-4-2/h5,7,11,13,17,19,22-25,29,31,35,37,41,43,46,48,52,54,87,90H,3-4,6,8-10,12,14-16,18,20-21,26-28,30,32-34,36,38-40,42,44-45,47,49-51,53,55-86H2,1-2H3/b7-5-,13-11-,19-17-,24-22-,25-23-,31-29-,37-35-,43-41-,48-46-,54-52-. The Labute approximate surface area is 585 Å². The molecule has 0 radical (unpaired) electrons. The van der Waals surface area contributed by atoms with Crippen molar-refractivity contribution in [2.24, 2.45) is 0 Å². The third-order valence-electron chi connectivity index (χ3n) is 18.2. The van der Waals surface area contributed by atoms with Crippen LogP contribution in [0.1, 0.15) is 412 Å². The first-order valence-electron chi connectivity index (χ1n) is 41.1. The van der Waals surface area contributed by atoms with Gasteiger partial charge in [-0.3, -0.25) is 9.59 Å². The van der Waals surface area contributed by atoms with Crippen molar-refractivity contribution in [2.75, 3.05) is 13.2 Å². The number of carbonyl (C=O) groups excluding carboxylic acids is 2. The topological polar surface area (TPSA) is 72.8 Å². The van der Waals surface area contributed by atoms with Crippen LogP contribution in [0.5, 0.6) is 0 Å². The summed E-state index contributed by atoms with van der Waals surface area (Å²) in [7, 11) is 0. The van der Waals surface area contributed by atoms with E-state index in [2.05, 4.69) is 135 Å². The van der Waals surface area contributed by atoms with E-state index in [1.54, 1.807) is 0 Å². The summed E-state index contributed by atoms with van der Waals surface area (Å²) in [6.45, 7) is 4.07. The van der Waals surface area contributed by atoms with E-state index in [-0.39, 0.29) is 25.2 Å². The molecule has 0 aliphatic carbocycles. The van der Waals surface area contributed by atoms with Crippen LogP contribution in [-0.4, -0.2) is 36.4 Å². The number of aliphatic hydroxyl groups excluding tert-OH is 1. The van der Waals surface area contributed by atoms with Gasteiger partial charge in [0, 0.05) is 12.8 Å². The maximum absolute atomic E-state index is 12.4.